The summed E-state index contributed by atoms with van der Waals surface area (Å²) in [5.41, 5.74) is 0.220. The largest absolute Gasteiger partial charge is 0.392 e. The maximum atomic E-state index is 13.3. The van der Waals surface area contributed by atoms with E-state index in [0.29, 0.717) is 6.42 Å². The molecule has 0 radical (unpaired) electrons. The van der Waals surface area contributed by atoms with Gasteiger partial charge in [0.1, 0.15) is 10.7 Å². The van der Waals surface area contributed by atoms with Crippen LogP contribution < -0.4 is 0 Å². The van der Waals surface area contributed by atoms with E-state index in [0.717, 1.165) is 10.4 Å². The van der Waals surface area contributed by atoms with E-state index < -0.39 is 21.9 Å². The van der Waals surface area contributed by atoms with Gasteiger partial charge in [0.25, 0.3) is 0 Å². The van der Waals surface area contributed by atoms with E-state index in [1.54, 1.807) is 0 Å². The summed E-state index contributed by atoms with van der Waals surface area (Å²) in [4.78, 5) is -0.114. The molecule has 100 valence electrons. The van der Waals surface area contributed by atoms with Crippen LogP contribution in [-0.4, -0.2) is 37.0 Å². The zero-order valence-electron chi connectivity index (χ0n) is 9.73. The lowest BCUT2D eigenvalue weighted by molar-refractivity contribution is 0.189. The molecule has 0 saturated carbocycles. The minimum absolute atomic E-state index is 0.0507. The number of benzene rings is 1. The molecule has 0 unspecified atom stereocenters. The maximum Gasteiger partial charge on any atom is 0.244 e. The van der Waals surface area contributed by atoms with Gasteiger partial charge in [-0.1, -0.05) is 11.6 Å². The molecule has 1 aromatic rings. The zero-order valence-corrected chi connectivity index (χ0v) is 11.3. The highest BCUT2D eigenvalue weighted by Crippen LogP contribution is 2.29. The predicted molar refractivity (Wildman–Crippen MR) is 65.5 cm³/mol. The Morgan fingerprint density at radius 1 is 1.50 bits per heavy atom. The molecule has 7 heteroatoms. The number of β-amino-alcohol motifs (C(OH)–C–C–N with tert-alkyl or cyclic N) is 1. The fraction of sp³-hybridized carbons (Fsp3) is 0.455. The predicted octanol–water partition coefficient (Wildman–Crippen LogP) is 1.54. The van der Waals surface area contributed by atoms with Gasteiger partial charge >= 0.3 is 0 Å². The number of sulfonamides is 1. The number of aryl methyl sites for hydroxylation is 1. The summed E-state index contributed by atoms with van der Waals surface area (Å²) in [5, 5.41) is 9.24. The standard InChI is InChI=1S/C11H13ClFNO3S/c1-7-4-11(9(12)5-10(7)13)18(16,17)14-3-2-8(15)6-14/h4-5,8,15H,2-3,6H2,1H3/t8-/m0/s1. The van der Waals surface area contributed by atoms with Crippen molar-refractivity contribution in [2.24, 2.45) is 0 Å². The minimum atomic E-state index is -3.77. The summed E-state index contributed by atoms with van der Waals surface area (Å²) in [6.45, 7) is 1.77. The summed E-state index contributed by atoms with van der Waals surface area (Å²) < 4.78 is 39.0. The molecule has 1 aromatic carbocycles. The van der Waals surface area contributed by atoms with Crippen LogP contribution in [-0.2, 0) is 10.0 Å². The molecule has 1 aliphatic rings. The number of rotatable bonds is 2. The van der Waals surface area contributed by atoms with Crippen LogP contribution in [0.4, 0.5) is 4.39 Å². The molecular weight excluding hydrogens is 281 g/mol. The molecule has 1 fully saturated rings. The molecular formula is C11H13ClFNO3S. The van der Waals surface area contributed by atoms with Crippen molar-refractivity contribution in [2.45, 2.75) is 24.3 Å². The van der Waals surface area contributed by atoms with E-state index in [1.165, 1.54) is 13.0 Å². The molecule has 18 heavy (non-hydrogen) atoms. The van der Waals surface area contributed by atoms with Crippen molar-refractivity contribution >= 4 is 21.6 Å². The quantitative estimate of drug-likeness (QED) is 0.900. The first kappa shape index (κ1) is 13.7. The van der Waals surface area contributed by atoms with Gasteiger partial charge in [-0.15, -0.1) is 0 Å². The minimum Gasteiger partial charge on any atom is -0.392 e. The van der Waals surface area contributed by atoms with Crippen LogP contribution >= 0.6 is 11.6 Å². The second-order valence-corrected chi connectivity index (χ2v) is 6.65. The van der Waals surface area contributed by atoms with Crippen molar-refractivity contribution < 1.29 is 17.9 Å². The molecule has 4 nitrogen and oxygen atoms in total. The van der Waals surface area contributed by atoms with Gasteiger partial charge in [0, 0.05) is 13.1 Å². The Balaban J connectivity index is 2.45. The molecule has 1 atom stereocenters. The van der Waals surface area contributed by atoms with Crippen molar-refractivity contribution in [1.82, 2.24) is 4.31 Å². The van der Waals surface area contributed by atoms with E-state index >= 15 is 0 Å². The molecule has 0 aliphatic carbocycles. The Hall–Kier alpha value is -0.690. The van der Waals surface area contributed by atoms with Crippen molar-refractivity contribution in [3.63, 3.8) is 0 Å². The van der Waals surface area contributed by atoms with Crippen molar-refractivity contribution in [2.75, 3.05) is 13.1 Å². The van der Waals surface area contributed by atoms with Gasteiger partial charge < -0.3 is 5.11 Å². The Labute approximate surface area is 110 Å². The van der Waals surface area contributed by atoms with E-state index in [9.17, 15) is 17.9 Å². The monoisotopic (exact) mass is 293 g/mol. The molecule has 1 aliphatic heterocycles. The molecule has 0 amide bonds. The average Bonchev–Trinajstić information content (AvgIpc) is 2.70. The molecule has 2 rings (SSSR count). The van der Waals surface area contributed by atoms with Crippen molar-refractivity contribution in [1.29, 1.82) is 0 Å². The molecule has 0 spiro atoms. The molecule has 1 N–H and O–H groups in total. The first-order chi connectivity index (χ1) is 8.32. The van der Waals surface area contributed by atoms with Gasteiger partial charge in [-0.3, -0.25) is 0 Å². The number of halogens is 2. The van der Waals surface area contributed by atoms with E-state index in [2.05, 4.69) is 0 Å². The molecule has 1 heterocycles. The maximum absolute atomic E-state index is 13.3. The third-order valence-corrected chi connectivity index (χ3v) is 5.29. The lowest BCUT2D eigenvalue weighted by Gasteiger charge is -2.17. The van der Waals surface area contributed by atoms with Gasteiger partial charge in [-0.25, -0.2) is 12.8 Å². The lowest BCUT2D eigenvalue weighted by atomic mass is 10.2. The third kappa shape index (κ3) is 2.38. The molecule has 1 saturated heterocycles. The van der Waals surface area contributed by atoms with Crippen LogP contribution in [0.5, 0.6) is 0 Å². The average molecular weight is 294 g/mol. The van der Waals surface area contributed by atoms with Gasteiger partial charge in [-0.05, 0) is 31.0 Å². The van der Waals surface area contributed by atoms with Gasteiger partial charge in [0.15, 0.2) is 0 Å². The van der Waals surface area contributed by atoms with Gasteiger partial charge in [0.2, 0.25) is 10.0 Å². The van der Waals surface area contributed by atoms with Gasteiger partial charge in [-0.2, -0.15) is 4.31 Å². The highest BCUT2D eigenvalue weighted by molar-refractivity contribution is 7.89. The van der Waals surface area contributed by atoms with E-state index in [1.807, 2.05) is 0 Å². The summed E-state index contributed by atoms with van der Waals surface area (Å²) in [6, 6.07) is 2.22. The number of nitrogens with zero attached hydrogens (tertiary/aromatic N) is 1. The van der Waals surface area contributed by atoms with Crippen LogP contribution in [0.3, 0.4) is 0 Å². The molecule has 0 bridgehead atoms. The number of hydrogen-bond acceptors (Lipinski definition) is 3. The second-order valence-electron chi connectivity index (χ2n) is 4.34. The van der Waals surface area contributed by atoms with Crippen molar-refractivity contribution in [3.05, 3.63) is 28.5 Å². The highest BCUT2D eigenvalue weighted by atomic mass is 35.5. The Bertz CT molecular complexity index is 576. The van der Waals surface area contributed by atoms with Crippen LogP contribution in [0.15, 0.2) is 17.0 Å². The Morgan fingerprint density at radius 2 is 2.17 bits per heavy atom. The second kappa shape index (κ2) is 4.77. The number of aliphatic hydroxyl groups excluding tert-OH is 1. The fourth-order valence-corrected chi connectivity index (χ4v) is 3.96. The summed E-state index contributed by atoms with van der Waals surface area (Å²) in [7, 11) is -3.77. The highest BCUT2D eigenvalue weighted by Gasteiger charge is 2.33. The molecule has 0 aromatic heterocycles. The smallest absolute Gasteiger partial charge is 0.244 e. The number of hydrogen-bond donors (Lipinski definition) is 1. The first-order valence-electron chi connectivity index (χ1n) is 5.46. The van der Waals surface area contributed by atoms with Crippen LogP contribution in [0.25, 0.3) is 0 Å². The van der Waals surface area contributed by atoms with E-state index in [-0.39, 0.29) is 28.6 Å². The fourth-order valence-electron chi connectivity index (χ4n) is 1.90. The van der Waals surface area contributed by atoms with Crippen LogP contribution in [0.2, 0.25) is 5.02 Å². The topological polar surface area (TPSA) is 57.6 Å². The SMILES string of the molecule is Cc1cc(S(=O)(=O)N2CC[C@H](O)C2)c(Cl)cc1F. The van der Waals surface area contributed by atoms with E-state index in [4.69, 9.17) is 11.6 Å². The first-order valence-corrected chi connectivity index (χ1v) is 7.28. The summed E-state index contributed by atoms with van der Waals surface area (Å²) in [5.74, 6) is -0.541. The van der Waals surface area contributed by atoms with Gasteiger partial charge in [0.05, 0.1) is 11.1 Å². The zero-order chi connectivity index (χ0) is 13.5. The van der Waals surface area contributed by atoms with Crippen LogP contribution in [0, 0.1) is 12.7 Å². The third-order valence-electron chi connectivity index (χ3n) is 2.96. The Morgan fingerprint density at radius 3 is 2.72 bits per heavy atom. The summed E-state index contributed by atoms with van der Waals surface area (Å²) in [6.07, 6.45) is -0.253. The summed E-state index contributed by atoms with van der Waals surface area (Å²) >= 11 is 5.79. The Kier molecular flexibility index (Phi) is 3.64. The number of aliphatic hydroxyl groups is 1. The van der Waals surface area contributed by atoms with Crippen molar-refractivity contribution in [3.8, 4) is 0 Å². The normalized spacial score (nSPS) is 21.4. The lowest BCUT2D eigenvalue weighted by Crippen LogP contribution is -2.30. The van der Waals surface area contributed by atoms with Crippen LogP contribution in [0.1, 0.15) is 12.0 Å².